The normalized spacial score (nSPS) is 23.0. The van der Waals surface area contributed by atoms with E-state index in [1.807, 2.05) is 6.92 Å². The van der Waals surface area contributed by atoms with Crippen LogP contribution in [0, 0.1) is 5.92 Å². The minimum atomic E-state index is -3.37. The number of anilines is 1. The highest BCUT2D eigenvalue weighted by molar-refractivity contribution is 7.92. The second-order valence-electron chi connectivity index (χ2n) is 8.66. The lowest BCUT2D eigenvalue weighted by atomic mass is 9.98. The highest BCUT2D eigenvalue weighted by Crippen LogP contribution is 2.36. The number of rotatable bonds is 9. The zero-order valence-corrected chi connectivity index (χ0v) is 19.6. The number of hydrogen-bond donors (Lipinski definition) is 1. The number of alkyl halides is 2. The Morgan fingerprint density at radius 1 is 1.12 bits per heavy atom. The van der Waals surface area contributed by atoms with Gasteiger partial charge in [-0.3, -0.25) is 4.79 Å². The van der Waals surface area contributed by atoms with Crippen molar-refractivity contribution >= 4 is 27.1 Å². The van der Waals surface area contributed by atoms with Crippen molar-refractivity contribution in [3.63, 3.8) is 0 Å². The molecule has 182 valence electrons. The Morgan fingerprint density at radius 3 is 2.35 bits per heavy atom. The molecule has 34 heavy (non-hydrogen) atoms. The number of nitrogens with zero attached hydrogens (tertiary/aromatic N) is 2. The lowest BCUT2D eigenvalue weighted by Gasteiger charge is -2.13. The minimum absolute atomic E-state index is 0.0185. The molecule has 3 atom stereocenters. The van der Waals surface area contributed by atoms with Gasteiger partial charge in [-0.1, -0.05) is 25.1 Å². The molecule has 1 N–H and O–H groups in total. The number of aromatic nitrogens is 2. The van der Waals surface area contributed by atoms with E-state index in [4.69, 9.17) is 4.74 Å². The van der Waals surface area contributed by atoms with Crippen LogP contribution in [0.25, 0.3) is 5.57 Å². The van der Waals surface area contributed by atoms with E-state index < -0.39 is 34.0 Å². The third-order valence-corrected chi connectivity index (χ3v) is 8.15. The molecule has 2 aromatic rings. The molecule has 0 saturated heterocycles. The first kappa shape index (κ1) is 24.3. The third-order valence-electron chi connectivity index (χ3n) is 5.88. The molecule has 2 fully saturated rings. The molecule has 0 bridgehead atoms. The number of amides is 1. The van der Waals surface area contributed by atoms with E-state index in [0.717, 1.165) is 6.42 Å². The molecule has 10 heteroatoms. The van der Waals surface area contributed by atoms with Gasteiger partial charge in [-0.25, -0.2) is 27.2 Å². The van der Waals surface area contributed by atoms with Crippen molar-refractivity contribution in [3.8, 4) is 5.88 Å². The van der Waals surface area contributed by atoms with Crippen molar-refractivity contribution in [1.29, 1.82) is 0 Å². The number of nitrogens with one attached hydrogen (secondary N) is 1. The molecule has 1 heterocycles. The average molecular weight is 492 g/mol. The van der Waals surface area contributed by atoms with E-state index >= 15 is 0 Å². The lowest BCUT2D eigenvalue weighted by molar-refractivity contribution is -0.111. The van der Waals surface area contributed by atoms with Crippen LogP contribution in [0.2, 0.25) is 0 Å². The Labute approximate surface area is 197 Å². The molecule has 1 aromatic heterocycles. The topological polar surface area (TPSA) is 98.2 Å². The fourth-order valence-electron chi connectivity index (χ4n) is 3.89. The Kier molecular flexibility index (Phi) is 7.25. The first-order valence-corrected chi connectivity index (χ1v) is 12.9. The molecule has 1 amide bonds. The van der Waals surface area contributed by atoms with Gasteiger partial charge in [0.2, 0.25) is 5.88 Å². The number of carbonyl (C=O) groups is 1. The molecule has 2 aliphatic carbocycles. The van der Waals surface area contributed by atoms with Gasteiger partial charge >= 0.3 is 0 Å². The molecule has 1 aromatic carbocycles. The number of sulfone groups is 1. The standard InChI is InChI=1S/C24H27F2N3O4S/c1-2-9-33-23-14-27-22(13-28-23)29-24(30)19(10-15-11-20(25)21(26)12-15)16-3-5-17(6-4-16)34(31,32)18-7-8-18/h3-6,10,13-15,18,20-21H,2,7-9,11-12H2,1H3,(H,27,29,30)/b19-10+/t15-,20+,21-. The smallest absolute Gasteiger partial charge is 0.257 e. The molecule has 0 aliphatic heterocycles. The van der Waals surface area contributed by atoms with E-state index in [9.17, 15) is 22.0 Å². The first-order valence-electron chi connectivity index (χ1n) is 11.4. The summed E-state index contributed by atoms with van der Waals surface area (Å²) < 4.78 is 57.9. The van der Waals surface area contributed by atoms with Crippen molar-refractivity contribution in [2.45, 2.75) is 61.5 Å². The van der Waals surface area contributed by atoms with Crippen molar-refractivity contribution in [3.05, 3.63) is 48.3 Å². The highest BCUT2D eigenvalue weighted by atomic mass is 32.2. The zero-order chi connectivity index (χ0) is 24.3. The van der Waals surface area contributed by atoms with Crippen LogP contribution >= 0.6 is 0 Å². The van der Waals surface area contributed by atoms with Crippen molar-refractivity contribution in [1.82, 2.24) is 9.97 Å². The van der Waals surface area contributed by atoms with Crippen LogP contribution in [0.3, 0.4) is 0 Å². The fourth-order valence-corrected chi connectivity index (χ4v) is 5.54. The summed E-state index contributed by atoms with van der Waals surface area (Å²) in [5.74, 6) is -0.480. The summed E-state index contributed by atoms with van der Waals surface area (Å²) in [6.45, 7) is 2.45. The molecule has 7 nitrogen and oxygen atoms in total. The van der Waals surface area contributed by atoms with Gasteiger partial charge < -0.3 is 10.1 Å². The van der Waals surface area contributed by atoms with Crippen LogP contribution in [0.4, 0.5) is 14.6 Å². The van der Waals surface area contributed by atoms with E-state index in [1.165, 1.54) is 24.5 Å². The van der Waals surface area contributed by atoms with Crippen LogP contribution in [0.1, 0.15) is 44.6 Å². The number of benzene rings is 1. The number of hydrogen-bond acceptors (Lipinski definition) is 6. The van der Waals surface area contributed by atoms with Crippen molar-refractivity contribution in [2.75, 3.05) is 11.9 Å². The van der Waals surface area contributed by atoms with Gasteiger partial charge in [0.05, 0.1) is 29.1 Å². The molecule has 0 unspecified atom stereocenters. The summed E-state index contributed by atoms with van der Waals surface area (Å²) >= 11 is 0. The monoisotopic (exact) mass is 491 g/mol. The zero-order valence-electron chi connectivity index (χ0n) is 18.8. The predicted molar refractivity (Wildman–Crippen MR) is 124 cm³/mol. The molecular weight excluding hydrogens is 464 g/mol. The Hall–Kier alpha value is -2.88. The lowest BCUT2D eigenvalue weighted by Crippen LogP contribution is -2.16. The Morgan fingerprint density at radius 2 is 1.79 bits per heavy atom. The third kappa shape index (κ3) is 5.60. The van der Waals surface area contributed by atoms with E-state index in [-0.39, 0.29) is 34.4 Å². The summed E-state index contributed by atoms with van der Waals surface area (Å²) in [7, 11) is -3.37. The molecule has 4 rings (SSSR count). The maximum absolute atomic E-state index is 13.8. The van der Waals surface area contributed by atoms with Crippen LogP contribution in [-0.2, 0) is 14.6 Å². The van der Waals surface area contributed by atoms with Crippen LogP contribution in [0.15, 0.2) is 47.6 Å². The Bertz CT molecular complexity index is 1140. The molecule has 0 spiro atoms. The number of halogens is 2. The number of allylic oxidation sites excluding steroid dienone is 1. The summed E-state index contributed by atoms with van der Waals surface area (Å²) in [6, 6.07) is 6.02. The van der Waals surface area contributed by atoms with Gasteiger partial charge in [0.1, 0.15) is 12.3 Å². The maximum Gasteiger partial charge on any atom is 0.257 e. The van der Waals surface area contributed by atoms with E-state index in [2.05, 4.69) is 15.3 Å². The second kappa shape index (κ2) is 10.2. The maximum atomic E-state index is 13.8. The summed E-state index contributed by atoms with van der Waals surface area (Å²) in [5.41, 5.74) is 0.635. The highest BCUT2D eigenvalue weighted by Gasteiger charge is 2.37. The molecular formula is C24H27F2N3O4S. The Balaban J connectivity index is 1.57. The largest absolute Gasteiger partial charge is 0.477 e. The van der Waals surface area contributed by atoms with Crippen LogP contribution < -0.4 is 10.1 Å². The molecule has 0 radical (unpaired) electrons. The van der Waals surface area contributed by atoms with Gasteiger partial charge in [0, 0.05) is 5.57 Å². The van der Waals surface area contributed by atoms with Gasteiger partial charge in [-0.05, 0) is 55.7 Å². The van der Waals surface area contributed by atoms with E-state index in [0.29, 0.717) is 30.9 Å². The quantitative estimate of drug-likeness (QED) is 0.525. The molecule has 2 aliphatic rings. The van der Waals surface area contributed by atoms with Gasteiger partial charge in [0.15, 0.2) is 15.7 Å². The van der Waals surface area contributed by atoms with Gasteiger partial charge in [0.25, 0.3) is 5.91 Å². The average Bonchev–Trinajstić information content (AvgIpc) is 3.63. The number of carbonyl (C=O) groups excluding carboxylic acids is 1. The molecule has 2 saturated carbocycles. The summed E-state index contributed by atoms with van der Waals surface area (Å²) in [5, 5.41) is 2.30. The SMILES string of the molecule is CCCOc1cnc(NC(=O)/C(=C/[C@H]2C[C@@H](F)[C@@H](F)C2)c2ccc(S(=O)(=O)C3CC3)cc2)cn1. The summed E-state index contributed by atoms with van der Waals surface area (Å²) in [6.07, 6.45) is 3.24. The fraction of sp³-hybridized carbons (Fsp3) is 0.458. The first-order chi connectivity index (χ1) is 16.3. The minimum Gasteiger partial charge on any atom is -0.477 e. The van der Waals surface area contributed by atoms with Crippen LogP contribution in [0.5, 0.6) is 5.88 Å². The second-order valence-corrected chi connectivity index (χ2v) is 10.9. The summed E-state index contributed by atoms with van der Waals surface area (Å²) in [4.78, 5) is 21.6. The van der Waals surface area contributed by atoms with E-state index in [1.54, 1.807) is 18.2 Å². The van der Waals surface area contributed by atoms with Gasteiger partial charge in [-0.2, -0.15) is 0 Å². The number of ether oxygens (including phenoxy) is 1. The van der Waals surface area contributed by atoms with Crippen molar-refractivity contribution < 1.29 is 26.7 Å². The predicted octanol–water partition coefficient (Wildman–Crippen LogP) is 4.31. The van der Waals surface area contributed by atoms with Crippen LogP contribution in [-0.4, -0.2) is 48.5 Å². The van der Waals surface area contributed by atoms with Gasteiger partial charge in [-0.15, -0.1) is 0 Å². The van der Waals surface area contributed by atoms with Crippen molar-refractivity contribution in [2.24, 2.45) is 5.92 Å².